The summed E-state index contributed by atoms with van der Waals surface area (Å²) in [7, 11) is 1.52. The number of nitrogens with zero attached hydrogens (tertiary/aromatic N) is 2. The SMILES string of the molecule is CCCCCNc1cc(NC)nc(C(F)(F)F)n1. The zero-order valence-electron chi connectivity index (χ0n) is 10.4. The molecule has 0 aliphatic rings. The van der Waals surface area contributed by atoms with Gasteiger partial charge in [-0.15, -0.1) is 0 Å². The number of halogens is 3. The van der Waals surface area contributed by atoms with Crippen molar-refractivity contribution in [2.45, 2.75) is 32.4 Å². The fraction of sp³-hybridized carbons (Fsp3) is 0.636. The molecule has 0 aliphatic heterocycles. The first kappa shape index (κ1) is 14.5. The second-order valence-corrected chi connectivity index (χ2v) is 3.84. The minimum absolute atomic E-state index is 0.148. The molecule has 0 saturated carbocycles. The zero-order chi connectivity index (χ0) is 13.6. The topological polar surface area (TPSA) is 49.8 Å². The van der Waals surface area contributed by atoms with Crippen LogP contribution in [0.4, 0.5) is 24.8 Å². The first-order valence-electron chi connectivity index (χ1n) is 5.85. The third kappa shape index (κ3) is 4.38. The molecule has 102 valence electrons. The standard InChI is InChI=1S/C11H17F3N4/c1-3-4-5-6-16-9-7-8(15-2)17-10(18-9)11(12,13)14/h7H,3-6H2,1-2H3,(H2,15,16,17,18). The Morgan fingerprint density at radius 3 is 2.39 bits per heavy atom. The maximum atomic E-state index is 12.5. The highest BCUT2D eigenvalue weighted by atomic mass is 19.4. The molecular weight excluding hydrogens is 245 g/mol. The fourth-order valence-electron chi connectivity index (χ4n) is 1.38. The Kier molecular flexibility index (Phi) is 5.18. The third-order valence-corrected chi connectivity index (χ3v) is 2.32. The molecule has 0 unspecified atom stereocenters. The molecule has 1 heterocycles. The quantitative estimate of drug-likeness (QED) is 0.773. The van der Waals surface area contributed by atoms with E-state index in [0.717, 1.165) is 19.3 Å². The molecular formula is C11H17F3N4. The highest BCUT2D eigenvalue weighted by Gasteiger charge is 2.35. The van der Waals surface area contributed by atoms with E-state index in [-0.39, 0.29) is 11.6 Å². The molecule has 2 N–H and O–H groups in total. The summed E-state index contributed by atoms with van der Waals surface area (Å²) in [5, 5.41) is 5.47. The molecule has 7 heteroatoms. The monoisotopic (exact) mass is 262 g/mol. The van der Waals surface area contributed by atoms with E-state index in [1.165, 1.54) is 13.1 Å². The smallest absolute Gasteiger partial charge is 0.373 e. The van der Waals surface area contributed by atoms with Crippen LogP contribution in [0.2, 0.25) is 0 Å². The van der Waals surface area contributed by atoms with Gasteiger partial charge in [0.05, 0.1) is 0 Å². The van der Waals surface area contributed by atoms with Gasteiger partial charge in [-0.2, -0.15) is 13.2 Å². The van der Waals surface area contributed by atoms with Gasteiger partial charge in [0, 0.05) is 19.7 Å². The van der Waals surface area contributed by atoms with Gasteiger partial charge < -0.3 is 10.6 Å². The Morgan fingerprint density at radius 2 is 1.83 bits per heavy atom. The molecule has 18 heavy (non-hydrogen) atoms. The second-order valence-electron chi connectivity index (χ2n) is 3.84. The van der Waals surface area contributed by atoms with Crippen molar-refractivity contribution in [3.05, 3.63) is 11.9 Å². The number of hydrogen-bond acceptors (Lipinski definition) is 4. The number of nitrogens with one attached hydrogen (secondary N) is 2. The van der Waals surface area contributed by atoms with E-state index in [2.05, 4.69) is 27.5 Å². The first-order valence-corrected chi connectivity index (χ1v) is 5.85. The number of aromatic nitrogens is 2. The Bertz CT molecular complexity index is 379. The summed E-state index contributed by atoms with van der Waals surface area (Å²) in [5.74, 6) is -0.791. The minimum atomic E-state index is -4.54. The summed E-state index contributed by atoms with van der Waals surface area (Å²) in [6.45, 7) is 2.66. The highest BCUT2D eigenvalue weighted by Crippen LogP contribution is 2.28. The molecule has 0 fully saturated rings. The molecule has 0 amide bonds. The van der Waals surface area contributed by atoms with Crippen LogP contribution in [-0.2, 0) is 6.18 Å². The van der Waals surface area contributed by atoms with Gasteiger partial charge in [0.2, 0.25) is 5.82 Å². The van der Waals surface area contributed by atoms with E-state index in [9.17, 15) is 13.2 Å². The Morgan fingerprint density at radius 1 is 1.17 bits per heavy atom. The van der Waals surface area contributed by atoms with E-state index in [1.807, 2.05) is 0 Å². The Hall–Kier alpha value is -1.53. The van der Waals surface area contributed by atoms with Crippen LogP contribution < -0.4 is 10.6 Å². The van der Waals surface area contributed by atoms with Gasteiger partial charge in [0.15, 0.2) is 0 Å². The molecule has 0 aliphatic carbocycles. The molecule has 0 atom stereocenters. The van der Waals surface area contributed by atoms with Crippen LogP contribution in [0.25, 0.3) is 0 Å². The molecule has 0 radical (unpaired) electrons. The van der Waals surface area contributed by atoms with Crippen LogP contribution in [0.5, 0.6) is 0 Å². The first-order chi connectivity index (χ1) is 8.47. The van der Waals surface area contributed by atoms with E-state index >= 15 is 0 Å². The highest BCUT2D eigenvalue weighted by molar-refractivity contribution is 5.47. The maximum Gasteiger partial charge on any atom is 0.451 e. The van der Waals surface area contributed by atoms with Crippen molar-refractivity contribution in [1.29, 1.82) is 0 Å². The van der Waals surface area contributed by atoms with Crippen LogP contribution >= 0.6 is 0 Å². The van der Waals surface area contributed by atoms with Crippen molar-refractivity contribution >= 4 is 11.6 Å². The summed E-state index contributed by atoms with van der Waals surface area (Å²) < 4.78 is 37.6. The van der Waals surface area contributed by atoms with Crippen molar-refractivity contribution in [3.8, 4) is 0 Å². The number of alkyl halides is 3. The van der Waals surface area contributed by atoms with E-state index in [1.54, 1.807) is 0 Å². The van der Waals surface area contributed by atoms with Gasteiger partial charge in [-0.3, -0.25) is 0 Å². The Labute approximate surface area is 104 Å². The lowest BCUT2D eigenvalue weighted by molar-refractivity contribution is -0.144. The minimum Gasteiger partial charge on any atom is -0.373 e. The molecule has 0 aromatic carbocycles. The van der Waals surface area contributed by atoms with Gasteiger partial charge in [-0.25, -0.2) is 9.97 Å². The lowest BCUT2D eigenvalue weighted by Gasteiger charge is -2.11. The maximum absolute atomic E-state index is 12.5. The van der Waals surface area contributed by atoms with Crippen LogP contribution in [0.1, 0.15) is 32.0 Å². The summed E-state index contributed by atoms with van der Waals surface area (Å²) in [5.41, 5.74) is 0. The molecule has 0 saturated heterocycles. The number of hydrogen-bond donors (Lipinski definition) is 2. The summed E-state index contributed by atoms with van der Waals surface area (Å²) >= 11 is 0. The fourth-order valence-corrected chi connectivity index (χ4v) is 1.38. The molecule has 1 aromatic heterocycles. The number of anilines is 2. The van der Waals surface area contributed by atoms with Crippen molar-refractivity contribution in [2.75, 3.05) is 24.2 Å². The zero-order valence-corrected chi connectivity index (χ0v) is 10.4. The lowest BCUT2D eigenvalue weighted by atomic mass is 10.2. The lowest BCUT2D eigenvalue weighted by Crippen LogP contribution is -2.15. The van der Waals surface area contributed by atoms with E-state index < -0.39 is 12.0 Å². The molecule has 1 aromatic rings. The van der Waals surface area contributed by atoms with Crippen molar-refractivity contribution in [1.82, 2.24) is 9.97 Å². The number of rotatable bonds is 6. The van der Waals surface area contributed by atoms with Crippen LogP contribution in [0, 0.1) is 0 Å². The Balaban J connectivity index is 2.78. The van der Waals surface area contributed by atoms with Gasteiger partial charge in [-0.1, -0.05) is 19.8 Å². The second kappa shape index (κ2) is 6.42. The molecule has 0 spiro atoms. The van der Waals surface area contributed by atoms with E-state index in [4.69, 9.17) is 0 Å². The van der Waals surface area contributed by atoms with Gasteiger partial charge >= 0.3 is 6.18 Å². The van der Waals surface area contributed by atoms with Crippen molar-refractivity contribution in [3.63, 3.8) is 0 Å². The normalized spacial score (nSPS) is 11.4. The van der Waals surface area contributed by atoms with E-state index in [0.29, 0.717) is 6.54 Å². The van der Waals surface area contributed by atoms with Gasteiger partial charge in [0.1, 0.15) is 11.6 Å². The largest absolute Gasteiger partial charge is 0.451 e. The number of unbranched alkanes of at least 4 members (excludes halogenated alkanes) is 2. The molecule has 4 nitrogen and oxygen atoms in total. The third-order valence-electron chi connectivity index (χ3n) is 2.32. The average molecular weight is 262 g/mol. The predicted molar refractivity (Wildman–Crippen MR) is 64.6 cm³/mol. The van der Waals surface area contributed by atoms with Gasteiger partial charge in [-0.05, 0) is 6.42 Å². The summed E-state index contributed by atoms with van der Waals surface area (Å²) in [6, 6.07) is 1.46. The predicted octanol–water partition coefficient (Wildman–Crippen LogP) is 3.14. The van der Waals surface area contributed by atoms with Gasteiger partial charge in [0.25, 0.3) is 0 Å². The molecule has 0 bridgehead atoms. The molecule has 1 rings (SSSR count). The van der Waals surface area contributed by atoms with Crippen LogP contribution in [-0.4, -0.2) is 23.6 Å². The van der Waals surface area contributed by atoms with Crippen molar-refractivity contribution in [2.24, 2.45) is 0 Å². The average Bonchev–Trinajstić information content (AvgIpc) is 2.33. The van der Waals surface area contributed by atoms with Crippen LogP contribution in [0.3, 0.4) is 0 Å². The van der Waals surface area contributed by atoms with Crippen LogP contribution in [0.15, 0.2) is 6.07 Å². The summed E-state index contributed by atoms with van der Waals surface area (Å²) in [4.78, 5) is 6.84. The van der Waals surface area contributed by atoms with Crippen molar-refractivity contribution < 1.29 is 13.2 Å². The summed E-state index contributed by atoms with van der Waals surface area (Å²) in [6.07, 6.45) is -1.55.